The van der Waals surface area contributed by atoms with Crippen LogP contribution in [0.5, 0.6) is 0 Å². The molecule has 16 heavy (non-hydrogen) atoms. The van der Waals surface area contributed by atoms with E-state index in [-0.39, 0.29) is 12.4 Å². The molecule has 2 aliphatic rings. The molecule has 0 aromatic carbocycles. The predicted octanol–water partition coefficient (Wildman–Crippen LogP) is 1.94. The van der Waals surface area contributed by atoms with Crippen molar-refractivity contribution in [1.29, 1.82) is 0 Å². The summed E-state index contributed by atoms with van der Waals surface area (Å²) in [5.41, 5.74) is 0. The maximum Gasteiger partial charge on any atom is 0.240 e. The third-order valence-electron chi connectivity index (χ3n) is 3.08. The Bertz CT molecular complexity index is 334. The van der Waals surface area contributed by atoms with E-state index in [1.165, 1.54) is 25.7 Å². The van der Waals surface area contributed by atoms with E-state index in [1.807, 2.05) is 0 Å². The number of halogens is 1. The van der Waals surface area contributed by atoms with E-state index in [1.54, 1.807) is 0 Å². The van der Waals surface area contributed by atoms with Gasteiger partial charge in [-0.3, -0.25) is 0 Å². The highest BCUT2D eigenvalue weighted by atomic mass is 35.5. The molecule has 0 radical (unpaired) electrons. The van der Waals surface area contributed by atoms with E-state index < -0.39 is 0 Å². The summed E-state index contributed by atoms with van der Waals surface area (Å²) >= 11 is 0. The number of aromatic nitrogens is 2. The highest BCUT2D eigenvalue weighted by Gasteiger charge is 2.24. The van der Waals surface area contributed by atoms with Crippen LogP contribution in [0.3, 0.4) is 0 Å². The van der Waals surface area contributed by atoms with Crippen LogP contribution in [-0.2, 0) is 13.0 Å². The minimum atomic E-state index is 0. The smallest absolute Gasteiger partial charge is 0.240 e. The van der Waals surface area contributed by atoms with Gasteiger partial charge in [0.05, 0.1) is 6.54 Å². The molecule has 0 aliphatic heterocycles. The average Bonchev–Trinajstić information content (AvgIpc) is 3.10. The summed E-state index contributed by atoms with van der Waals surface area (Å²) in [5, 5.41) is 7.33. The molecular formula is C11H18ClN3O. The Hall–Kier alpha value is -0.610. The first-order chi connectivity index (χ1) is 7.40. The first kappa shape index (κ1) is 11.9. The van der Waals surface area contributed by atoms with Crippen LogP contribution >= 0.6 is 12.4 Å². The maximum absolute atomic E-state index is 5.17. The molecule has 0 amide bonds. The second-order valence-corrected chi connectivity index (χ2v) is 4.83. The molecule has 0 atom stereocenters. The van der Waals surface area contributed by atoms with Crippen LogP contribution in [0.1, 0.15) is 37.4 Å². The first-order valence-corrected chi connectivity index (χ1v) is 5.92. The topological polar surface area (TPSA) is 51.0 Å². The standard InChI is InChI=1S/C11H17N3O.ClH/c1-2-8(1)5-10-13-11(15-14-10)7-12-6-9-3-4-9;/h8-9,12H,1-7H2;1H. The van der Waals surface area contributed by atoms with Gasteiger partial charge in [-0.1, -0.05) is 5.16 Å². The second-order valence-electron chi connectivity index (χ2n) is 4.83. The third-order valence-corrected chi connectivity index (χ3v) is 3.08. The van der Waals surface area contributed by atoms with Crippen LogP contribution in [-0.4, -0.2) is 16.7 Å². The summed E-state index contributed by atoms with van der Waals surface area (Å²) < 4.78 is 5.17. The summed E-state index contributed by atoms with van der Waals surface area (Å²) in [5.74, 6) is 3.36. The Balaban J connectivity index is 0.000000963. The third kappa shape index (κ3) is 3.46. The maximum atomic E-state index is 5.17. The fraction of sp³-hybridized carbons (Fsp3) is 0.818. The van der Waals surface area contributed by atoms with E-state index in [0.717, 1.165) is 43.1 Å². The fourth-order valence-corrected chi connectivity index (χ4v) is 1.73. The molecule has 2 fully saturated rings. The molecule has 0 spiro atoms. The van der Waals surface area contributed by atoms with Crippen molar-refractivity contribution >= 4 is 12.4 Å². The van der Waals surface area contributed by atoms with Gasteiger partial charge in [-0.15, -0.1) is 12.4 Å². The van der Waals surface area contributed by atoms with Gasteiger partial charge in [-0.25, -0.2) is 0 Å². The molecule has 1 aromatic heterocycles. The van der Waals surface area contributed by atoms with Gasteiger partial charge in [0.25, 0.3) is 0 Å². The van der Waals surface area contributed by atoms with Gasteiger partial charge in [0.2, 0.25) is 5.89 Å². The van der Waals surface area contributed by atoms with Gasteiger partial charge in [0.1, 0.15) is 0 Å². The lowest BCUT2D eigenvalue weighted by Crippen LogP contribution is -2.16. The Labute approximate surface area is 102 Å². The molecule has 1 N–H and O–H groups in total. The zero-order valence-corrected chi connectivity index (χ0v) is 10.1. The molecule has 90 valence electrons. The molecule has 0 saturated heterocycles. The summed E-state index contributed by atoms with van der Waals surface area (Å²) in [4.78, 5) is 4.37. The molecule has 2 saturated carbocycles. The minimum Gasteiger partial charge on any atom is -0.338 e. The lowest BCUT2D eigenvalue weighted by Gasteiger charge is -1.97. The monoisotopic (exact) mass is 243 g/mol. The molecule has 2 aliphatic carbocycles. The van der Waals surface area contributed by atoms with E-state index in [4.69, 9.17) is 4.52 Å². The number of rotatable bonds is 6. The Morgan fingerprint density at radius 2 is 1.94 bits per heavy atom. The largest absolute Gasteiger partial charge is 0.338 e. The van der Waals surface area contributed by atoms with Crippen LogP contribution in [0.4, 0.5) is 0 Å². The Kier molecular flexibility index (Phi) is 3.82. The zero-order valence-electron chi connectivity index (χ0n) is 9.32. The van der Waals surface area contributed by atoms with Gasteiger partial charge in [-0.2, -0.15) is 4.98 Å². The summed E-state index contributed by atoms with van der Waals surface area (Å²) in [7, 11) is 0. The zero-order chi connectivity index (χ0) is 10.1. The highest BCUT2D eigenvalue weighted by molar-refractivity contribution is 5.85. The van der Waals surface area contributed by atoms with Crippen molar-refractivity contribution in [3.05, 3.63) is 11.7 Å². The molecule has 5 heteroatoms. The molecular weight excluding hydrogens is 226 g/mol. The van der Waals surface area contributed by atoms with Crippen LogP contribution in [0.2, 0.25) is 0 Å². The van der Waals surface area contributed by atoms with Crippen molar-refractivity contribution in [3.8, 4) is 0 Å². The predicted molar refractivity (Wildman–Crippen MR) is 62.4 cm³/mol. The quantitative estimate of drug-likeness (QED) is 0.830. The normalized spacial score (nSPS) is 19.5. The molecule has 1 aromatic rings. The van der Waals surface area contributed by atoms with Crippen LogP contribution in [0.25, 0.3) is 0 Å². The highest BCUT2D eigenvalue weighted by Crippen LogP contribution is 2.31. The molecule has 0 bridgehead atoms. The van der Waals surface area contributed by atoms with Crippen molar-refractivity contribution < 1.29 is 4.52 Å². The van der Waals surface area contributed by atoms with Crippen molar-refractivity contribution in [2.45, 2.75) is 38.6 Å². The van der Waals surface area contributed by atoms with Gasteiger partial charge in [0, 0.05) is 6.42 Å². The Morgan fingerprint density at radius 1 is 1.19 bits per heavy atom. The van der Waals surface area contributed by atoms with Crippen LogP contribution in [0, 0.1) is 11.8 Å². The van der Waals surface area contributed by atoms with Gasteiger partial charge in [0.15, 0.2) is 5.82 Å². The number of nitrogens with zero attached hydrogens (tertiary/aromatic N) is 2. The number of nitrogens with one attached hydrogen (secondary N) is 1. The lowest BCUT2D eigenvalue weighted by atomic mass is 10.3. The number of hydrogen-bond donors (Lipinski definition) is 1. The van der Waals surface area contributed by atoms with Crippen LogP contribution < -0.4 is 5.32 Å². The second kappa shape index (κ2) is 5.15. The summed E-state index contributed by atoms with van der Waals surface area (Å²) in [6, 6.07) is 0. The average molecular weight is 244 g/mol. The summed E-state index contributed by atoms with van der Waals surface area (Å²) in [6.45, 7) is 1.83. The fourth-order valence-electron chi connectivity index (χ4n) is 1.73. The SMILES string of the molecule is C(NCC1CC1)c1nc(CC2CC2)no1.Cl. The van der Waals surface area contributed by atoms with Crippen LogP contribution in [0.15, 0.2) is 4.52 Å². The van der Waals surface area contributed by atoms with Gasteiger partial charge in [-0.05, 0) is 44.1 Å². The van der Waals surface area contributed by atoms with Crippen molar-refractivity contribution in [2.75, 3.05) is 6.54 Å². The molecule has 4 nitrogen and oxygen atoms in total. The first-order valence-electron chi connectivity index (χ1n) is 5.92. The van der Waals surface area contributed by atoms with Crippen molar-refractivity contribution in [3.63, 3.8) is 0 Å². The van der Waals surface area contributed by atoms with Gasteiger partial charge < -0.3 is 9.84 Å². The van der Waals surface area contributed by atoms with Crippen molar-refractivity contribution in [1.82, 2.24) is 15.5 Å². The summed E-state index contributed by atoms with van der Waals surface area (Å²) in [6.07, 6.45) is 6.44. The van der Waals surface area contributed by atoms with E-state index in [2.05, 4.69) is 15.5 Å². The Morgan fingerprint density at radius 3 is 2.62 bits per heavy atom. The van der Waals surface area contributed by atoms with E-state index in [0.29, 0.717) is 0 Å². The van der Waals surface area contributed by atoms with E-state index in [9.17, 15) is 0 Å². The molecule has 1 heterocycles. The minimum absolute atomic E-state index is 0. The number of hydrogen-bond acceptors (Lipinski definition) is 4. The molecule has 0 unspecified atom stereocenters. The molecule has 3 rings (SSSR count). The van der Waals surface area contributed by atoms with Crippen molar-refractivity contribution in [2.24, 2.45) is 11.8 Å². The lowest BCUT2D eigenvalue weighted by molar-refractivity contribution is 0.361. The van der Waals surface area contributed by atoms with E-state index >= 15 is 0 Å². The van der Waals surface area contributed by atoms with Gasteiger partial charge >= 0.3 is 0 Å².